The summed E-state index contributed by atoms with van der Waals surface area (Å²) in [5.74, 6) is 0. The van der Waals surface area contributed by atoms with Gasteiger partial charge in [-0.1, -0.05) is 115 Å². The van der Waals surface area contributed by atoms with Gasteiger partial charge in [0.25, 0.3) is 0 Å². The fourth-order valence-corrected chi connectivity index (χ4v) is 9.01. The van der Waals surface area contributed by atoms with Crippen LogP contribution in [-0.2, 0) is 0 Å². The van der Waals surface area contributed by atoms with Crippen LogP contribution in [0.4, 0.5) is 0 Å². The zero-order valence-electron chi connectivity index (χ0n) is 28.6. The molecule has 4 aromatic heterocycles. The summed E-state index contributed by atoms with van der Waals surface area (Å²) in [5, 5.41) is 10.8. The summed E-state index contributed by atoms with van der Waals surface area (Å²) < 4.78 is 7.21. The van der Waals surface area contributed by atoms with E-state index in [1.807, 2.05) is 6.20 Å². The number of para-hydroxylation sites is 6. The van der Waals surface area contributed by atoms with Gasteiger partial charge in [-0.25, -0.2) is 0 Å². The molecule has 0 aliphatic carbocycles. The van der Waals surface area contributed by atoms with Gasteiger partial charge in [0.15, 0.2) is 0 Å². The molecule has 0 unspecified atom stereocenters. The molecular formula is C49H30N4. The van der Waals surface area contributed by atoms with Gasteiger partial charge in [-0.3, -0.25) is 4.98 Å². The predicted octanol–water partition coefficient (Wildman–Crippen LogP) is 12.7. The number of hydrogen-bond acceptors (Lipinski definition) is 1. The minimum atomic E-state index is 0.989. The molecule has 246 valence electrons. The highest BCUT2D eigenvalue weighted by atomic mass is 15.0. The summed E-state index contributed by atoms with van der Waals surface area (Å²) >= 11 is 0. The predicted molar refractivity (Wildman–Crippen MR) is 222 cm³/mol. The molecule has 0 fully saturated rings. The Bertz CT molecular complexity index is 3310. The van der Waals surface area contributed by atoms with Crippen molar-refractivity contribution in [3.8, 4) is 17.1 Å². The van der Waals surface area contributed by atoms with Gasteiger partial charge in [0.1, 0.15) is 0 Å². The Labute approximate surface area is 304 Å². The zero-order chi connectivity index (χ0) is 34.6. The number of fused-ring (bicyclic) bond motifs is 12. The van der Waals surface area contributed by atoms with Crippen LogP contribution in [0.15, 0.2) is 182 Å². The van der Waals surface area contributed by atoms with E-state index in [4.69, 9.17) is 4.98 Å². The molecule has 4 heterocycles. The van der Waals surface area contributed by atoms with Gasteiger partial charge < -0.3 is 13.7 Å². The molecule has 0 N–H and O–H groups in total. The lowest BCUT2D eigenvalue weighted by molar-refractivity contribution is 1.16. The van der Waals surface area contributed by atoms with Gasteiger partial charge >= 0.3 is 0 Å². The maximum Gasteiger partial charge on any atom is 0.0783 e. The summed E-state index contributed by atoms with van der Waals surface area (Å²) in [5.41, 5.74) is 11.4. The van der Waals surface area contributed by atoms with E-state index in [1.54, 1.807) is 0 Å². The Morgan fingerprint density at radius 2 is 0.698 bits per heavy atom. The fraction of sp³-hybridized carbons (Fsp3) is 0. The first-order valence-corrected chi connectivity index (χ1v) is 18.1. The molecular weight excluding hydrogens is 645 g/mol. The van der Waals surface area contributed by atoms with Gasteiger partial charge in [0, 0.05) is 54.2 Å². The van der Waals surface area contributed by atoms with Crippen LogP contribution in [0.25, 0.3) is 104 Å². The number of pyridine rings is 1. The number of benzene rings is 8. The minimum absolute atomic E-state index is 0.989. The first-order valence-electron chi connectivity index (χ1n) is 18.1. The van der Waals surface area contributed by atoms with Crippen molar-refractivity contribution in [3.05, 3.63) is 182 Å². The third-order valence-electron chi connectivity index (χ3n) is 11.2. The van der Waals surface area contributed by atoms with Crippen LogP contribution in [0.5, 0.6) is 0 Å². The maximum absolute atomic E-state index is 5.28. The average Bonchev–Trinajstić information content (AvgIpc) is 3.86. The molecule has 0 amide bonds. The van der Waals surface area contributed by atoms with E-state index in [1.165, 1.54) is 65.4 Å². The van der Waals surface area contributed by atoms with Crippen molar-refractivity contribution < 1.29 is 0 Å². The normalized spacial score (nSPS) is 12.2. The van der Waals surface area contributed by atoms with Crippen molar-refractivity contribution in [2.24, 2.45) is 0 Å². The molecule has 12 aromatic rings. The highest BCUT2D eigenvalue weighted by molar-refractivity contribution is 6.16. The standard InChI is InChI=1S/C49H30N4/c1-7-19-42-34(13-1)35-14-2-8-20-43(35)51(42)32-25-26-40-41(29-32)48(53-46-23-11-5-17-38(46)39-18-6-12-24-47(39)53)28-31-27-33(30-50-49(31)40)52-44-21-9-3-15-36(44)37-16-4-10-22-45(37)52/h1-30H. The summed E-state index contributed by atoms with van der Waals surface area (Å²) in [4.78, 5) is 5.28. The van der Waals surface area contributed by atoms with Gasteiger partial charge in [0.05, 0.1) is 56.2 Å². The number of hydrogen-bond donors (Lipinski definition) is 0. The second-order valence-corrected chi connectivity index (χ2v) is 14.0. The molecule has 0 radical (unpaired) electrons. The minimum Gasteiger partial charge on any atom is -0.309 e. The van der Waals surface area contributed by atoms with Crippen LogP contribution < -0.4 is 0 Å². The summed E-state index contributed by atoms with van der Waals surface area (Å²) in [6.45, 7) is 0. The molecule has 53 heavy (non-hydrogen) atoms. The van der Waals surface area contributed by atoms with Crippen LogP contribution in [-0.4, -0.2) is 18.7 Å². The maximum atomic E-state index is 5.28. The Balaban J connectivity index is 1.20. The SMILES string of the molecule is c1ccc2c(c1)c1ccccc1n2-c1cnc2c(c1)cc(-n1c3ccccc3c3ccccc31)c1cc(-n3c4ccccc4c4ccccc43)ccc12. The van der Waals surface area contributed by atoms with E-state index in [2.05, 4.69) is 190 Å². The van der Waals surface area contributed by atoms with Crippen molar-refractivity contribution in [3.63, 3.8) is 0 Å². The first-order chi connectivity index (χ1) is 26.3. The molecule has 0 atom stereocenters. The highest BCUT2D eigenvalue weighted by Gasteiger charge is 2.19. The van der Waals surface area contributed by atoms with E-state index in [-0.39, 0.29) is 0 Å². The highest BCUT2D eigenvalue weighted by Crippen LogP contribution is 2.40. The summed E-state index contributed by atoms with van der Waals surface area (Å²) in [6, 6.07) is 63.9. The molecule has 8 aromatic carbocycles. The van der Waals surface area contributed by atoms with Gasteiger partial charge in [-0.05, 0) is 60.7 Å². The van der Waals surface area contributed by atoms with E-state index in [0.717, 1.165) is 38.7 Å². The Morgan fingerprint density at radius 3 is 1.15 bits per heavy atom. The lowest BCUT2D eigenvalue weighted by Gasteiger charge is -2.17. The van der Waals surface area contributed by atoms with E-state index < -0.39 is 0 Å². The number of nitrogens with zero attached hydrogens (tertiary/aromatic N) is 4. The van der Waals surface area contributed by atoms with Crippen molar-refractivity contribution in [1.29, 1.82) is 0 Å². The van der Waals surface area contributed by atoms with Gasteiger partial charge in [-0.15, -0.1) is 0 Å². The van der Waals surface area contributed by atoms with Crippen LogP contribution in [0.2, 0.25) is 0 Å². The smallest absolute Gasteiger partial charge is 0.0783 e. The average molecular weight is 675 g/mol. The Kier molecular flexibility index (Phi) is 5.74. The third kappa shape index (κ3) is 3.92. The summed E-state index contributed by atoms with van der Waals surface area (Å²) in [7, 11) is 0. The molecule has 0 bridgehead atoms. The second-order valence-electron chi connectivity index (χ2n) is 14.0. The summed E-state index contributed by atoms with van der Waals surface area (Å²) in [6.07, 6.45) is 2.04. The molecule has 0 saturated heterocycles. The van der Waals surface area contributed by atoms with Crippen LogP contribution in [0.3, 0.4) is 0 Å². The monoisotopic (exact) mass is 674 g/mol. The number of aromatic nitrogens is 4. The second kappa shape index (κ2) is 10.7. The molecule has 0 saturated carbocycles. The topological polar surface area (TPSA) is 27.7 Å². The largest absolute Gasteiger partial charge is 0.309 e. The van der Waals surface area contributed by atoms with Crippen LogP contribution in [0, 0.1) is 0 Å². The molecule has 0 aliphatic heterocycles. The first kappa shape index (κ1) is 28.5. The zero-order valence-corrected chi connectivity index (χ0v) is 28.6. The van der Waals surface area contributed by atoms with Crippen molar-refractivity contribution >= 4 is 87.1 Å². The molecule has 12 rings (SSSR count). The van der Waals surface area contributed by atoms with E-state index >= 15 is 0 Å². The third-order valence-corrected chi connectivity index (χ3v) is 11.2. The van der Waals surface area contributed by atoms with E-state index in [0.29, 0.717) is 0 Å². The lowest BCUT2D eigenvalue weighted by Crippen LogP contribution is -2.00. The van der Waals surface area contributed by atoms with Gasteiger partial charge in [-0.2, -0.15) is 0 Å². The van der Waals surface area contributed by atoms with E-state index in [9.17, 15) is 0 Å². The van der Waals surface area contributed by atoms with Gasteiger partial charge in [0.2, 0.25) is 0 Å². The Hall–Kier alpha value is -7.17. The van der Waals surface area contributed by atoms with Crippen LogP contribution in [0.1, 0.15) is 0 Å². The molecule has 4 nitrogen and oxygen atoms in total. The van der Waals surface area contributed by atoms with Crippen molar-refractivity contribution in [2.75, 3.05) is 0 Å². The molecule has 0 spiro atoms. The lowest BCUT2D eigenvalue weighted by atomic mass is 10.0. The van der Waals surface area contributed by atoms with Crippen molar-refractivity contribution in [2.45, 2.75) is 0 Å². The van der Waals surface area contributed by atoms with Crippen LogP contribution >= 0.6 is 0 Å². The number of rotatable bonds is 3. The quantitative estimate of drug-likeness (QED) is 0.171. The molecule has 4 heteroatoms. The fourth-order valence-electron chi connectivity index (χ4n) is 9.01. The van der Waals surface area contributed by atoms with Crippen molar-refractivity contribution in [1.82, 2.24) is 18.7 Å². The molecule has 0 aliphatic rings. The Morgan fingerprint density at radius 1 is 0.302 bits per heavy atom.